The normalized spacial score (nSPS) is 10.3. The molecule has 0 aromatic heterocycles. The number of carboxylic acid groups (broad SMARTS) is 1. The summed E-state index contributed by atoms with van der Waals surface area (Å²) < 4.78 is 5.47. The lowest BCUT2D eigenvalue weighted by molar-refractivity contribution is 0.0668. The molecular weight excluding hydrogens is 332 g/mol. The molecular formula is C20H16N2O4. The summed E-state index contributed by atoms with van der Waals surface area (Å²) in [6, 6.07) is 17.8. The number of nitrogens with two attached hydrogens (primary N) is 2. The highest BCUT2D eigenvalue weighted by atomic mass is 16.5. The number of carbonyl (C=O) groups is 2. The number of hydrogen-bond acceptors (Lipinski definition) is 5. The number of carboxylic acids is 1. The second-order valence-corrected chi connectivity index (χ2v) is 5.62. The molecule has 0 saturated carbocycles. The molecule has 0 atom stereocenters. The van der Waals surface area contributed by atoms with Crippen LogP contribution in [0.4, 0.5) is 11.4 Å². The molecule has 6 heteroatoms. The molecule has 0 fully saturated rings. The van der Waals surface area contributed by atoms with Gasteiger partial charge in [-0.1, -0.05) is 24.3 Å². The minimum atomic E-state index is -1.20. The molecule has 5 N–H and O–H groups in total. The number of benzene rings is 3. The average molecular weight is 348 g/mol. The molecule has 0 saturated heterocycles. The van der Waals surface area contributed by atoms with Crippen molar-refractivity contribution in [2.45, 2.75) is 0 Å². The first-order valence-electron chi connectivity index (χ1n) is 7.75. The zero-order valence-electron chi connectivity index (χ0n) is 13.7. The number of hydrogen-bond donors (Lipinski definition) is 3. The van der Waals surface area contributed by atoms with Crippen LogP contribution >= 0.6 is 0 Å². The Balaban J connectivity index is 2.01. The minimum absolute atomic E-state index is 0.0321. The Bertz CT molecular complexity index is 999. The second-order valence-electron chi connectivity index (χ2n) is 5.62. The van der Waals surface area contributed by atoms with Crippen LogP contribution in [0, 0.1) is 0 Å². The van der Waals surface area contributed by atoms with Crippen LogP contribution in [0.5, 0.6) is 5.75 Å². The summed E-state index contributed by atoms with van der Waals surface area (Å²) in [5.41, 5.74) is 13.9. The van der Waals surface area contributed by atoms with Crippen molar-refractivity contribution in [2.75, 3.05) is 11.5 Å². The van der Waals surface area contributed by atoms with Crippen molar-refractivity contribution in [1.29, 1.82) is 0 Å². The highest BCUT2D eigenvalue weighted by molar-refractivity contribution is 6.03. The maximum absolute atomic E-state index is 12.5. The number of anilines is 2. The topological polar surface area (TPSA) is 116 Å². The third kappa shape index (κ3) is 3.49. The van der Waals surface area contributed by atoms with Crippen molar-refractivity contribution in [3.8, 4) is 16.9 Å². The average Bonchev–Trinajstić information content (AvgIpc) is 2.63. The van der Waals surface area contributed by atoms with E-state index in [2.05, 4.69) is 0 Å². The molecule has 0 radical (unpaired) electrons. The fourth-order valence-electron chi connectivity index (χ4n) is 2.57. The summed E-state index contributed by atoms with van der Waals surface area (Å²) >= 11 is 0. The van der Waals surface area contributed by atoms with Gasteiger partial charge in [0.25, 0.3) is 0 Å². The highest BCUT2D eigenvalue weighted by Crippen LogP contribution is 2.33. The van der Waals surface area contributed by atoms with Crippen LogP contribution in [0.1, 0.15) is 20.7 Å². The van der Waals surface area contributed by atoms with Gasteiger partial charge in [-0.3, -0.25) is 0 Å². The zero-order valence-corrected chi connectivity index (χ0v) is 13.7. The standard InChI is InChI=1S/C20H16N2O4/c21-13-5-3-4-12(10-13)17-11-14(22)8-9-18(17)26-20(25)16-7-2-1-6-15(16)19(23)24/h1-11H,21-22H2,(H,23,24). The lowest BCUT2D eigenvalue weighted by Gasteiger charge is -2.12. The smallest absolute Gasteiger partial charge is 0.344 e. The van der Waals surface area contributed by atoms with Crippen LogP contribution in [0.15, 0.2) is 66.7 Å². The lowest BCUT2D eigenvalue weighted by atomic mass is 10.0. The molecule has 0 aliphatic rings. The lowest BCUT2D eigenvalue weighted by Crippen LogP contribution is -2.14. The van der Waals surface area contributed by atoms with E-state index in [-0.39, 0.29) is 16.9 Å². The van der Waals surface area contributed by atoms with Gasteiger partial charge in [0, 0.05) is 16.9 Å². The van der Waals surface area contributed by atoms with E-state index in [0.717, 1.165) is 5.56 Å². The predicted molar refractivity (Wildman–Crippen MR) is 99.1 cm³/mol. The molecule has 0 spiro atoms. The molecule has 0 bridgehead atoms. The van der Waals surface area contributed by atoms with E-state index in [1.165, 1.54) is 12.1 Å². The van der Waals surface area contributed by atoms with Gasteiger partial charge in [-0.15, -0.1) is 0 Å². The Morgan fingerprint density at radius 2 is 1.50 bits per heavy atom. The van der Waals surface area contributed by atoms with Crippen molar-refractivity contribution >= 4 is 23.3 Å². The molecule has 0 amide bonds. The Morgan fingerprint density at radius 1 is 0.808 bits per heavy atom. The van der Waals surface area contributed by atoms with E-state index in [0.29, 0.717) is 16.9 Å². The van der Waals surface area contributed by atoms with Crippen molar-refractivity contribution in [2.24, 2.45) is 0 Å². The van der Waals surface area contributed by atoms with Gasteiger partial charge in [-0.2, -0.15) is 0 Å². The zero-order chi connectivity index (χ0) is 18.7. The number of nitrogen functional groups attached to an aromatic ring is 2. The Morgan fingerprint density at radius 3 is 2.19 bits per heavy atom. The highest BCUT2D eigenvalue weighted by Gasteiger charge is 2.19. The van der Waals surface area contributed by atoms with E-state index in [4.69, 9.17) is 16.2 Å². The van der Waals surface area contributed by atoms with Crippen LogP contribution < -0.4 is 16.2 Å². The molecule has 130 valence electrons. The molecule has 3 aromatic rings. The summed E-state index contributed by atoms with van der Waals surface area (Å²) in [5, 5.41) is 9.24. The monoisotopic (exact) mass is 348 g/mol. The Kier molecular flexibility index (Phi) is 4.57. The van der Waals surface area contributed by atoms with E-state index in [1.807, 2.05) is 6.07 Å². The van der Waals surface area contributed by atoms with Gasteiger partial charge in [0.15, 0.2) is 0 Å². The third-order valence-electron chi connectivity index (χ3n) is 3.78. The molecule has 6 nitrogen and oxygen atoms in total. The van der Waals surface area contributed by atoms with Gasteiger partial charge in [0.05, 0.1) is 11.1 Å². The number of carbonyl (C=O) groups excluding carboxylic acids is 1. The van der Waals surface area contributed by atoms with E-state index in [1.54, 1.807) is 48.5 Å². The van der Waals surface area contributed by atoms with E-state index < -0.39 is 11.9 Å². The quantitative estimate of drug-likeness (QED) is 0.378. The molecule has 3 rings (SSSR count). The van der Waals surface area contributed by atoms with Gasteiger partial charge in [0.2, 0.25) is 0 Å². The third-order valence-corrected chi connectivity index (χ3v) is 3.78. The maximum atomic E-state index is 12.5. The van der Waals surface area contributed by atoms with Crippen LogP contribution in [-0.4, -0.2) is 17.0 Å². The number of rotatable bonds is 4. The summed E-state index contributed by atoms with van der Waals surface area (Å²) in [6.07, 6.45) is 0. The number of esters is 1. The number of ether oxygens (including phenoxy) is 1. The van der Waals surface area contributed by atoms with Crippen LogP contribution in [0.25, 0.3) is 11.1 Å². The number of aromatic carboxylic acids is 1. The van der Waals surface area contributed by atoms with Gasteiger partial charge < -0.3 is 21.3 Å². The molecule has 0 aliphatic heterocycles. The minimum Gasteiger partial charge on any atom is -0.478 e. The van der Waals surface area contributed by atoms with Crippen molar-refractivity contribution in [3.63, 3.8) is 0 Å². The Hall–Kier alpha value is -3.80. The fraction of sp³-hybridized carbons (Fsp3) is 0. The fourth-order valence-corrected chi connectivity index (χ4v) is 2.57. The predicted octanol–water partition coefficient (Wildman–Crippen LogP) is 3.44. The summed E-state index contributed by atoms with van der Waals surface area (Å²) in [7, 11) is 0. The molecule has 0 aliphatic carbocycles. The Labute approximate surface area is 149 Å². The molecule has 26 heavy (non-hydrogen) atoms. The summed E-state index contributed by atoms with van der Waals surface area (Å²) in [5.74, 6) is -1.71. The molecule has 0 heterocycles. The van der Waals surface area contributed by atoms with Gasteiger partial charge in [0.1, 0.15) is 5.75 Å². The van der Waals surface area contributed by atoms with Crippen molar-refractivity contribution in [3.05, 3.63) is 77.9 Å². The summed E-state index contributed by atoms with van der Waals surface area (Å²) in [6.45, 7) is 0. The first-order chi connectivity index (χ1) is 12.5. The SMILES string of the molecule is Nc1cccc(-c2cc(N)ccc2OC(=O)c2ccccc2C(=O)O)c1. The first-order valence-corrected chi connectivity index (χ1v) is 7.75. The second kappa shape index (κ2) is 6.98. The molecule has 0 unspecified atom stereocenters. The maximum Gasteiger partial charge on any atom is 0.344 e. The van der Waals surface area contributed by atoms with Crippen LogP contribution in [0.2, 0.25) is 0 Å². The summed E-state index contributed by atoms with van der Waals surface area (Å²) in [4.78, 5) is 23.8. The van der Waals surface area contributed by atoms with Crippen LogP contribution in [0.3, 0.4) is 0 Å². The van der Waals surface area contributed by atoms with Crippen LogP contribution in [-0.2, 0) is 0 Å². The van der Waals surface area contributed by atoms with Crippen molar-refractivity contribution < 1.29 is 19.4 Å². The van der Waals surface area contributed by atoms with Gasteiger partial charge >= 0.3 is 11.9 Å². The van der Waals surface area contributed by atoms with Gasteiger partial charge in [-0.25, -0.2) is 9.59 Å². The van der Waals surface area contributed by atoms with E-state index in [9.17, 15) is 14.7 Å². The van der Waals surface area contributed by atoms with Crippen molar-refractivity contribution in [1.82, 2.24) is 0 Å². The largest absolute Gasteiger partial charge is 0.478 e. The van der Waals surface area contributed by atoms with Gasteiger partial charge in [-0.05, 0) is 48.0 Å². The first kappa shape index (κ1) is 17.0. The molecule has 3 aromatic carbocycles. The van der Waals surface area contributed by atoms with E-state index >= 15 is 0 Å².